The summed E-state index contributed by atoms with van der Waals surface area (Å²) in [5, 5.41) is 3.45. The van der Waals surface area contributed by atoms with Gasteiger partial charge in [-0.3, -0.25) is 0 Å². The molecule has 2 aromatic rings. The molecule has 0 saturated heterocycles. The van der Waals surface area contributed by atoms with Gasteiger partial charge in [-0.2, -0.15) is 0 Å². The predicted octanol–water partition coefficient (Wildman–Crippen LogP) is 4.88. The van der Waals surface area contributed by atoms with E-state index in [0.29, 0.717) is 6.04 Å². The number of likely N-dealkylation sites (N-methyl/N-ethyl adjacent to an activating group) is 1. The minimum Gasteiger partial charge on any atom is -0.313 e. The summed E-state index contributed by atoms with van der Waals surface area (Å²) in [6, 6.07) is 13.5. The Hall–Kier alpha value is -1.12. The first-order valence-electron chi connectivity index (χ1n) is 7.01. The molecule has 1 atom stereocenters. The fourth-order valence-electron chi connectivity index (χ4n) is 2.65. The zero-order valence-corrected chi connectivity index (χ0v) is 14.2. The molecule has 20 heavy (non-hydrogen) atoms. The maximum Gasteiger partial charge on any atom is 0.0358 e. The van der Waals surface area contributed by atoms with Crippen molar-refractivity contribution in [1.82, 2.24) is 5.32 Å². The van der Waals surface area contributed by atoms with Crippen LogP contribution in [-0.2, 0) is 6.42 Å². The lowest BCUT2D eigenvalue weighted by molar-refractivity contribution is 0.588. The summed E-state index contributed by atoms with van der Waals surface area (Å²) in [4.78, 5) is 0. The van der Waals surface area contributed by atoms with Gasteiger partial charge in [0.15, 0.2) is 0 Å². The molecular formula is C18H22BrN. The van der Waals surface area contributed by atoms with Crippen LogP contribution in [0.3, 0.4) is 0 Å². The van der Waals surface area contributed by atoms with E-state index in [9.17, 15) is 0 Å². The first-order valence-corrected chi connectivity index (χ1v) is 7.80. The molecule has 1 nitrogen and oxygen atoms in total. The molecule has 0 aliphatic rings. The van der Waals surface area contributed by atoms with Crippen molar-refractivity contribution in [1.29, 1.82) is 0 Å². The van der Waals surface area contributed by atoms with Crippen LogP contribution >= 0.6 is 15.9 Å². The van der Waals surface area contributed by atoms with E-state index in [1.54, 1.807) is 0 Å². The molecule has 0 bridgehead atoms. The molecule has 0 fully saturated rings. The number of hydrogen-bond donors (Lipinski definition) is 1. The van der Waals surface area contributed by atoms with E-state index in [0.717, 1.165) is 6.42 Å². The van der Waals surface area contributed by atoms with E-state index in [4.69, 9.17) is 0 Å². The van der Waals surface area contributed by atoms with Gasteiger partial charge in [0.1, 0.15) is 0 Å². The van der Waals surface area contributed by atoms with Crippen molar-refractivity contribution in [3.05, 3.63) is 68.7 Å². The summed E-state index contributed by atoms with van der Waals surface area (Å²) in [5.41, 5.74) is 6.82. The molecular weight excluding hydrogens is 310 g/mol. The number of nitrogens with one attached hydrogen (secondary N) is 1. The van der Waals surface area contributed by atoms with Crippen LogP contribution in [0.2, 0.25) is 0 Å². The van der Waals surface area contributed by atoms with Crippen molar-refractivity contribution in [3.63, 3.8) is 0 Å². The highest BCUT2D eigenvalue weighted by Crippen LogP contribution is 2.26. The zero-order chi connectivity index (χ0) is 14.7. The van der Waals surface area contributed by atoms with Gasteiger partial charge in [-0.15, -0.1) is 0 Å². The molecule has 0 amide bonds. The van der Waals surface area contributed by atoms with Crippen molar-refractivity contribution < 1.29 is 0 Å². The fourth-order valence-corrected chi connectivity index (χ4v) is 2.89. The van der Waals surface area contributed by atoms with Crippen molar-refractivity contribution in [3.8, 4) is 0 Å². The summed E-state index contributed by atoms with van der Waals surface area (Å²) in [5.74, 6) is 0. The molecule has 0 spiro atoms. The monoisotopic (exact) mass is 331 g/mol. The van der Waals surface area contributed by atoms with Crippen molar-refractivity contribution in [2.24, 2.45) is 0 Å². The molecule has 0 heterocycles. The van der Waals surface area contributed by atoms with E-state index in [2.05, 4.69) is 78.4 Å². The van der Waals surface area contributed by atoms with Gasteiger partial charge in [-0.25, -0.2) is 0 Å². The standard InChI is InChI=1S/C18H22BrN/c1-12-6-5-7-13(2)16(12)11-18(20-4)15-8-9-17(19)14(3)10-15/h5-10,18,20H,11H2,1-4H3. The number of halogens is 1. The summed E-state index contributed by atoms with van der Waals surface area (Å²) in [6.07, 6.45) is 1.02. The first-order chi connectivity index (χ1) is 9.52. The number of aryl methyl sites for hydroxylation is 3. The molecule has 0 aromatic heterocycles. The van der Waals surface area contributed by atoms with Gasteiger partial charge in [0.2, 0.25) is 0 Å². The smallest absolute Gasteiger partial charge is 0.0358 e. The van der Waals surface area contributed by atoms with Crippen molar-refractivity contribution in [2.75, 3.05) is 7.05 Å². The van der Waals surface area contributed by atoms with Crippen LogP contribution in [0.25, 0.3) is 0 Å². The molecule has 2 heteroatoms. The van der Waals surface area contributed by atoms with Crippen LogP contribution < -0.4 is 5.32 Å². The molecule has 2 aromatic carbocycles. The highest BCUT2D eigenvalue weighted by atomic mass is 79.9. The zero-order valence-electron chi connectivity index (χ0n) is 12.6. The Kier molecular flexibility index (Phi) is 5.00. The second-order valence-electron chi connectivity index (χ2n) is 5.42. The number of benzene rings is 2. The summed E-state index contributed by atoms with van der Waals surface area (Å²) in [7, 11) is 2.04. The van der Waals surface area contributed by atoms with Crippen molar-refractivity contribution in [2.45, 2.75) is 33.2 Å². The van der Waals surface area contributed by atoms with E-state index in [-0.39, 0.29) is 0 Å². The van der Waals surface area contributed by atoms with Gasteiger partial charge >= 0.3 is 0 Å². The Bertz CT molecular complexity index is 584. The molecule has 0 aliphatic heterocycles. The normalized spacial score (nSPS) is 12.4. The van der Waals surface area contributed by atoms with Crippen LogP contribution in [0.4, 0.5) is 0 Å². The highest BCUT2D eigenvalue weighted by Gasteiger charge is 2.13. The summed E-state index contributed by atoms with van der Waals surface area (Å²) >= 11 is 3.57. The van der Waals surface area contributed by atoms with Gasteiger partial charge in [0.05, 0.1) is 0 Å². The van der Waals surface area contributed by atoms with Crippen LogP contribution in [0.15, 0.2) is 40.9 Å². The average molecular weight is 332 g/mol. The minimum absolute atomic E-state index is 0.349. The van der Waals surface area contributed by atoms with Crippen LogP contribution in [-0.4, -0.2) is 7.05 Å². The van der Waals surface area contributed by atoms with E-state index >= 15 is 0 Å². The first kappa shape index (κ1) is 15.3. The Morgan fingerprint density at radius 1 is 1.00 bits per heavy atom. The Balaban J connectivity index is 2.31. The van der Waals surface area contributed by atoms with Crippen LogP contribution in [0.5, 0.6) is 0 Å². The van der Waals surface area contributed by atoms with Gasteiger partial charge in [0, 0.05) is 10.5 Å². The Morgan fingerprint density at radius 2 is 1.65 bits per heavy atom. The molecule has 0 aliphatic carbocycles. The van der Waals surface area contributed by atoms with Gasteiger partial charge < -0.3 is 5.32 Å². The van der Waals surface area contributed by atoms with E-state index in [1.807, 2.05) is 7.05 Å². The summed E-state index contributed by atoms with van der Waals surface area (Å²) in [6.45, 7) is 6.53. The van der Waals surface area contributed by atoms with Gasteiger partial charge in [-0.1, -0.05) is 46.3 Å². The van der Waals surface area contributed by atoms with Crippen LogP contribution in [0, 0.1) is 20.8 Å². The third kappa shape index (κ3) is 3.31. The Labute approximate surface area is 130 Å². The lowest BCUT2D eigenvalue weighted by Gasteiger charge is -2.20. The Morgan fingerprint density at radius 3 is 2.20 bits per heavy atom. The third-order valence-corrected chi connectivity index (χ3v) is 4.88. The highest BCUT2D eigenvalue weighted by molar-refractivity contribution is 9.10. The van der Waals surface area contributed by atoms with Crippen molar-refractivity contribution >= 4 is 15.9 Å². The molecule has 1 unspecified atom stereocenters. The topological polar surface area (TPSA) is 12.0 Å². The fraction of sp³-hybridized carbons (Fsp3) is 0.333. The predicted molar refractivity (Wildman–Crippen MR) is 90.3 cm³/mol. The molecule has 1 N–H and O–H groups in total. The lowest BCUT2D eigenvalue weighted by atomic mass is 9.92. The SMILES string of the molecule is CNC(Cc1c(C)cccc1C)c1ccc(Br)c(C)c1. The van der Waals surface area contributed by atoms with E-state index < -0.39 is 0 Å². The van der Waals surface area contributed by atoms with Gasteiger partial charge in [0.25, 0.3) is 0 Å². The van der Waals surface area contributed by atoms with Crippen LogP contribution in [0.1, 0.15) is 33.9 Å². The number of hydrogen-bond acceptors (Lipinski definition) is 1. The minimum atomic E-state index is 0.349. The van der Waals surface area contributed by atoms with Gasteiger partial charge in [-0.05, 0) is 68.1 Å². The molecule has 0 radical (unpaired) electrons. The molecule has 2 rings (SSSR count). The lowest BCUT2D eigenvalue weighted by Crippen LogP contribution is -2.20. The largest absolute Gasteiger partial charge is 0.313 e. The second-order valence-corrected chi connectivity index (χ2v) is 6.28. The maximum absolute atomic E-state index is 3.57. The summed E-state index contributed by atoms with van der Waals surface area (Å²) < 4.78 is 1.17. The van der Waals surface area contributed by atoms with E-state index in [1.165, 1.54) is 32.3 Å². The molecule has 0 saturated carbocycles. The molecule has 106 valence electrons. The second kappa shape index (κ2) is 6.55. The average Bonchev–Trinajstić information content (AvgIpc) is 2.42. The third-order valence-electron chi connectivity index (χ3n) is 3.99. The maximum atomic E-state index is 3.57. The number of rotatable bonds is 4. The quantitative estimate of drug-likeness (QED) is 0.842.